The Morgan fingerprint density at radius 3 is 2.30 bits per heavy atom. The summed E-state index contributed by atoms with van der Waals surface area (Å²) in [7, 11) is -0.359. The average Bonchev–Trinajstić information content (AvgIpc) is 3.32. The monoisotopic (exact) mass is 487 g/mol. The van der Waals surface area contributed by atoms with Crippen molar-refractivity contribution in [2.75, 3.05) is 32.6 Å². The number of carbonyl (C=O) groups is 2. The fraction of sp³-hybridized carbons (Fsp3) is 0.217. The third-order valence-electron chi connectivity index (χ3n) is 4.64. The lowest BCUT2D eigenvalue weighted by Crippen LogP contribution is -2.27. The first-order valence-corrected chi connectivity index (χ1v) is 12.5. The number of hydrogen-bond acceptors (Lipinski definition) is 6. The van der Waals surface area contributed by atoms with E-state index in [4.69, 9.17) is 4.74 Å². The van der Waals surface area contributed by atoms with Gasteiger partial charge in [0.15, 0.2) is 6.61 Å². The zero-order chi connectivity index (χ0) is 23.8. The van der Waals surface area contributed by atoms with Gasteiger partial charge in [0.1, 0.15) is 5.75 Å². The maximum Gasteiger partial charge on any atom is 0.259 e. The molecule has 0 bridgehead atoms. The second-order valence-electron chi connectivity index (χ2n) is 7.31. The molecule has 0 aliphatic rings. The molecule has 0 saturated heterocycles. The van der Waals surface area contributed by atoms with Gasteiger partial charge in [0.05, 0.1) is 4.90 Å². The minimum atomic E-state index is -3.65. The number of anilines is 1. The molecule has 0 atom stereocenters. The SMILES string of the molecule is CN(C)C(=O)COc1ccc(NC(=O)c2ccc(S(=O)(=O)NCCc3cccs3)cc2)cc1. The van der Waals surface area contributed by atoms with Crippen LogP contribution in [0.2, 0.25) is 0 Å². The largest absolute Gasteiger partial charge is 0.484 e. The van der Waals surface area contributed by atoms with Crippen molar-refractivity contribution >= 4 is 38.9 Å². The van der Waals surface area contributed by atoms with Crippen molar-refractivity contribution in [1.82, 2.24) is 9.62 Å². The average molecular weight is 488 g/mol. The summed E-state index contributed by atoms with van der Waals surface area (Å²) in [5, 5.41) is 4.69. The molecule has 0 aliphatic carbocycles. The summed E-state index contributed by atoms with van der Waals surface area (Å²) in [5.74, 6) is -0.0269. The molecule has 0 radical (unpaired) electrons. The van der Waals surface area contributed by atoms with E-state index in [0.717, 1.165) is 4.88 Å². The molecule has 33 heavy (non-hydrogen) atoms. The molecular weight excluding hydrogens is 462 g/mol. The maximum atomic E-state index is 12.5. The zero-order valence-electron chi connectivity index (χ0n) is 18.3. The molecule has 0 saturated carbocycles. The highest BCUT2D eigenvalue weighted by atomic mass is 32.2. The highest BCUT2D eigenvalue weighted by Gasteiger charge is 2.15. The van der Waals surface area contributed by atoms with Gasteiger partial charge < -0.3 is 15.0 Å². The Hall–Kier alpha value is -3.21. The first-order valence-electron chi connectivity index (χ1n) is 10.1. The molecule has 2 amide bonds. The number of rotatable bonds is 10. The molecule has 8 nitrogen and oxygen atoms in total. The molecule has 10 heteroatoms. The van der Waals surface area contributed by atoms with E-state index in [0.29, 0.717) is 30.0 Å². The van der Waals surface area contributed by atoms with Crippen LogP contribution in [0.25, 0.3) is 0 Å². The number of sulfonamides is 1. The number of amides is 2. The summed E-state index contributed by atoms with van der Waals surface area (Å²) in [4.78, 5) is 26.7. The Balaban J connectivity index is 1.53. The number of nitrogens with one attached hydrogen (secondary N) is 2. The molecule has 0 fully saturated rings. The third kappa shape index (κ3) is 7.14. The molecule has 1 aromatic heterocycles. The van der Waals surface area contributed by atoms with Gasteiger partial charge >= 0.3 is 0 Å². The van der Waals surface area contributed by atoms with E-state index < -0.39 is 10.0 Å². The Labute approximate surface area is 197 Å². The van der Waals surface area contributed by atoms with Crippen LogP contribution in [0.4, 0.5) is 5.69 Å². The van der Waals surface area contributed by atoms with Crippen LogP contribution in [0.3, 0.4) is 0 Å². The van der Waals surface area contributed by atoms with Crippen LogP contribution < -0.4 is 14.8 Å². The lowest BCUT2D eigenvalue weighted by molar-refractivity contribution is -0.130. The Morgan fingerprint density at radius 1 is 1.00 bits per heavy atom. The standard InChI is InChI=1S/C23H25N3O5S2/c1-26(2)22(27)16-31-19-9-7-18(8-10-19)25-23(28)17-5-11-21(12-6-17)33(29,30)24-14-13-20-4-3-15-32-20/h3-12,15,24H,13-14,16H2,1-2H3,(H,25,28). The van der Waals surface area contributed by atoms with Crippen molar-refractivity contribution in [2.24, 2.45) is 0 Å². The molecule has 2 N–H and O–H groups in total. The van der Waals surface area contributed by atoms with Crippen LogP contribution in [-0.4, -0.2) is 52.4 Å². The highest BCUT2D eigenvalue weighted by molar-refractivity contribution is 7.89. The number of carbonyl (C=O) groups excluding carboxylic acids is 2. The van der Waals surface area contributed by atoms with Gasteiger partial charge in [-0.1, -0.05) is 6.07 Å². The van der Waals surface area contributed by atoms with Gasteiger partial charge in [0, 0.05) is 36.8 Å². The van der Waals surface area contributed by atoms with E-state index in [1.54, 1.807) is 49.7 Å². The third-order valence-corrected chi connectivity index (χ3v) is 7.06. The number of ether oxygens (including phenoxy) is 1. The molecule has 2 aromatic carbocycles. The van der Waals surface area contributed by atoms with Crippen molar-refractivity contribution in [1.29, 1.82) is 0 Å². The van der Waals surface area contributed by atoms with E-state index in [-0.39, 0.29) is 23.3 Å². The second-order valence-corrected chi connectivity index (χ2v) is 10.1. The van der Waals surface area contributed by atoms with Crippen molar-refractivity contribution in [3.63, 3.8) is 0 Å². The summed E-state index contributed by atoms with van der Waals surface area (Å²) in [6.07, 6.45) is 0.618. The quantitative estimate of drug-likeness (QED) is 0.458. The molecule has 0 aliphatic heterocycles. The van der Waals surface area contributed by atoms with Crippen LogP contribution in [-0.2, 0) is 21.2 Å². The normalized spacial score (nSPS) is 11.1. The predicted octanol–water partition coefficient (Wildman–Crippen LogP) is 2.99. The van der Waals surface area contributed by atoms with Gasteiger partial charge in [-0.15, -0.1) is 11.3 Å². The molecule has 3 aromatic rings. The maximum absolute atomic E-state index is 12.5. The van der Waals surface area contributed by atoms with E-state index in [9.17, 15) is 18.0 Å². The van der Waals surface area contributed by atoms with Crippen LogP contribution >= 0.6 is 11.3 Å². The van der Waals surface area contributed by atoms with E-state index in [1.807, 2.05) is 17.5 Å². The minimum absolute atomic E-state index is 0.0726. The smallest absolute Gasteiger partial charge is 0.259 e. The Morgan fingerprint density at radius 2 is 1.70 bits per heavy atom. The molecule has 174 valence electrons. The molecular formula is C23H25N3O5S2. The molecule has 0 unspecified atom stereocenters. The fourth-order valence-corrected chi connectivity index (χ4v) is 4.48. The number of hydrogen-bond donors (Lipinski definition) is 2. The highest BCUT2D eigenvalue weighted by Crippen LogP contribution is 2.18. The summed E-state index contributed by atoms with van der Waals surface area (Å²) in [5.41, 5.74) is 0.864. The summed E-state index contributed by atoms with van der Waals surface area (Å²) in [6.45, 7) is 0.227. The summed E-state index contributed by atoms with van der Waals surface area (Å²) < 4.78 is 32.9. The second kappa shape index (κ2) is 11.1. The van der Waals surface area contributed by atoms with Crippen molar-refractivity contribution in [3.05, 3.63) is 76.5 Å². The molecule has 0 spiro atoms. The van der Waals surface area contributed by atoms with Crippen LogP contribution in [0, 0.1) is 0 Å². The minimum Gasteiger partial charge on any atom is -0.484 e. The van der Waals surface area contributed by atoms with Crippen LogP contribution in [0.15, 0.2) is 70.9 Å². The van der Waals surface area contributed by atoms with Crippen molar-refractivity contribution in [2.45, 2.75) is 11.3 Å². The summed E-state index contributed by atoms with van der Waals surface area (Å²) in [6, 6.07) is 16.2. The molecule has 1 heterocycles. The first kappa shape index (κ1) is 24.4. The number of likely N-dealkylation sites (N-methyl/N-ethyl adjacent to an activating group) is 1. The summed E-state index contributed by atoms with van der Waals surface area (Å²) >= 11 is 1.58. The first-order chi connectivity index (χ1) is 15.7. The fourth-order valence-electron chi connectivity index (χ4n) is 2.74. The Bertz CT molecular complexity index is 1170. The Kier molecular flexibility index (Phi) is 8.21. The topological polar surface area (TPSA) is 105 Å². The van der Waals surface area contributed by atoms with Crippen molar-refractivity contribution < 1.29 is 22.7 Å². The number of thiophene rings is 1. The van der Waals surface area contributed by atoms with Gasteiger partial charge in [0.2, 0.25) is 10.0 Å². The van der Waals surface area contributed by atoms with Gasteiger partial charge in [-0.3, -0.25) is 9.59 Å². The number of nitrogens with zero attached hydrogens (tertiary/aromatic N) is 1. The molecule has 3 rings (SSSR count). The van der Waals surface area contributed by atoms with Gasteiger partial charge in [-0.2, -0.15) is 0 Å². The van der Waals surface area contributed by atoms with Crippen LogP contribution in [0.1, 0.15) is 15.2 Å². The van der Waals surface area contributed by atoms with Gasteiger partial charge in [0.25, 0.3) is 11.8 Å². The van der Waals surface area contributed by atoms with E-state index in [2.05, 4.69) is 10.0 Å². The van der Waals surface area contributed by atoms with Gasteiger partial charge in [-0.25, -0.2) is 13.1 Å². The van der Waals surface area contributed by atoms with E-state index in [1.165, 1.54) is 29.2 Å². The number of benzene rings is 2. The predicted molar refractivity (Wildman–Crippen MR) is 128 cm³/mol. The van der Waals surface area contributed by atoms with E-state index >= 15 is 0 Å². The zero-order valence-corrected chi connectivity index (χ0v) is 19.9. The van der Waals surface area contributed by atoms with Crippen LogP contribution in [0.5, 0.6) is 5.75 Å². The van der Waals surface area contributed by atoms with Crippen molar-refractivity contribution in [3.8, 4) is 5.75 Å². The van der Waals surface area contributed by atoms with Gasteiger partial charge in [-0.05, 0) is 66.4 Å². The lowest BCUT2D eigenvalue weighted by Gasteiger charge is -2.12. The lowest BCUT2D eigenvalue weighted by atomic mass is 10.2.